The van der Waals surface area contributed by atoms with Crippen LogP contribution in [0.1, 0.15) is 6.92 Å². The van der Waals surface area contributed by atoms with Gasteiger partial charge in [0.25, 0.3) is 0 Å². The minimum atomic E-state index is -0.599. The van der Waals surface area contributed by atoms with E-state index in [4.69, 9.17) is 4.74 Å². The molecule has 3 heteroatoms. The van der Waals surface area contributed by atoms with Crippen LogP contribution in [0, 0.1) is 0 Å². The topological polar surface area (TPSA) is 26.3 Å². The van der Waals surface area contributed by atoms with Crippen molar-refractivity contribution in [2.45, 2.75) is 6.92 Å². The molecule has 0 saturated heterocycles. The van der Waals surface area contributed by atoms with Crippen LogP contribution in [0.4, 0.5) is 0 Å². The van der Waals surface area contributed by atoms with E-state index in [1.165, 1.54) is 0 Å². The van der Waals surface area contributed by atoms with Gasteiger partial charge in [-0.15, -0.1) is 0 Å². The van der Waals surface area contributed by atoms with E-state index in [1.807, 2.05) is 16.8 Å². The molecular weight excluding hydrogens is 231 g/mol. The first-order chi connectivity index (χ1) is 4.84. The monoisotopic (exact) mass is 239 g/mol. The maximum absolute atomic E-state index is 10.9. The molecule has 0 bridgehead atoms. The van der Waals surface area contributed by atoms with Crippen LogP contribution in [-0.2, 0) is 9.53 Å². The van der Waals surface area contributed by atoms with Crippen molar-refractivity contribution in [1.82, 2.24) is 0 Å². The van der Waals surface area contributed by atoms with Crippen molar-refractivity contribution in [2.24, 2.45) is 0 Å². The second kappa shape index (κ2) is 3.86. The summed E-state index contributed by atoms with van der Waals surface area (Å²) in [6, 6.07) is 0. The van der Waals surface area contributed by atoms with Crippen LogP contribution in [0.2, 0.25) is 0 Å². The van der Waals surface area contributed by atoms with E-state index in [1.54, 1.807) is 0 Å². The zero-order valence-corrected chi connectivity index (χ0v) is 9.13. The number of ether oxygens (including phenoxy) is 1. The molecule has 1 aliphatic heterocycles. The van der Waals surface area contributed by atoms with E-state index in [2.05, 4.69) is 3.83 Å². The van der Waals surface area contributed by atoms with Gasteiger partial charge in [-0.2, -0.15) is 0 Å². The fourth-order valence-corrected chi connectivity index (χ4v) is 3.25. The average Bonchev–Trinajstić information content (AvgIpc) is 2.38. The van der Waals surface area contributed by atoms with E-state index in [0.717, 1.165) is 5.57 Å². The Hall–Kier alpha value is -0.180. The van der Waals surface area contributed by atoms with Crippen molar-refractivity contribution in [3.8, 4) is 0 Å². The molecule has 0 fully saturated rings. The molecule has 0 aromatic heterocycles. The normalized spacial score (nSPS) is 14.3. The number of esters is 1. The van der Waals surface area contributed by atoms with Crippen molar-refractivity contribution < 1.29 is 9.53 Å². The van der Waals surface area contributed by atoms with Gasteiger partial charge >= 0.3 is 71.3 Å². The zero-order valence-electron chi connectivity index (χ0n) is 5.83. The first-order valence-corrected chi connectivity index (χ1v) is 7.04. The standard InChI is InChI=1S/C7H8O2.In/c1-4-6(3)7(8)9-5-2;/h1,3-4H,5H2,2H3;. The van der Waals surface area contributed by atoms with Crippen molar-refractivity contribution in [3.05, 3.63) is 19.3 Å². The molecule has 1 rings (SSSR count). The molecule has 1 heterocycles. The molecule has 51 valence electrons. The Balaban J connectivity index is 2.48. The molecule has 1 radical (unpaired) electrons. The summed E-state index contributed by atoms with van der Waals surface area (Å²) < 4.78 is 8.97. The molecule has 0 aromatic carbocycles. The van der Waals surface area contributed by atoms with Crippen LogP contribution in [-0.4, -0.2) is 35.5 Å². The molecule has 0 unspecified atom stereocenters. The average molecular weight is 239 g/mol. The van der Waals surface area contributed by atoms with Gasteiger partial charge in [-0.1, -0.05) is 0 Å². The number of hydrogen-bond donors (Lipinski definition) is 0. The number of carbonyl (C=O) groups excluding carboxylic acids is 1. The Kier molecular flexibility index (Phi) is 3.06. The van der Waals surface area contributed by atoms with Gasteiger partial charge in [-0.3, -0.25) is 0 Å². The van der Waals surface area contributed by atoms with Gasteiger partial charge in [0.2, 0.25) is 0 Å². The van der Waals surface area contributed by atoms with E-state index < -0.39 is 22.9 Å². The minimum absolute atomic E-state index is 0.164. The van der Waals surface area contributed by atoms with E-state index in [9.17, 15) is 4.79 Å². The van der Waals surface area contributed by atoms with Gasteiger partial charge in [-0.05, 0) is 0 Å². The van der Waals surface area contributed by atoms with E-state index in [-0.39, 0.29) is 5.97 Å². The SMILES string of the molecule is CCOC(=O)C1=[CH][In][CH]=C1. The van der Waals surface area contributed by atoms with Crippen LogP contribution in [0.3, 0.4) is 0 Å². The van der Waals surface area contributed by atoms with Crippen molar-refractivity contribution in [3.63, 3.8) is 0 Å². The van der Waals surface area contributed by atoms with Gasteiger partial charge in [0.15, 0.2) is 0 Å². The summed E-state index contributed by atoms with van der Waals surface area (Å²) in [6.45, 7) is 2.29. The van der Waals surface area contributed by atoms with Gasteiger partial charge in [-0.25, -0.2) is 0 Å². The second-order valence-corrected chi connectivity index (χ2v) is 5.04. The first-order valence-electron chi connectivity index (χ1n) is 3.23. The van der Waals surface area contributed by atoms with Gasteiger partial charge in [0, 0.05) is 0 Å². The summed E-state index contributed by atoms with van der Waals surface area (Å²) in [5.74, 6) is -0.164. The van der Waals surface area contributed by atoms with Crippen LogP contribution in [0.15, 0.2) is 19.3 Å². The molecular formula is C7H8InO2. The second-order valence-electron chi connectivity index (χ2n) is 1.89. The van der Waals surface area contributed by atoms with Crippen LogP contribution in [0.25, 0.3) is 0 Å². The predicted molar refractivity (Wildman–Crippen MR) is 39.6 cm³/mol. The number of hydrogen-bond acceptors (Lipinski definition) is 2. The summed E-state index contributed by atoms with van der Waals surface area (Å²) in [7, 11) is 0. The van der Waals surface area contributed by atoms with Gasteiger partial charge in [0.05, 0.1) is 0 Å². The van der Waals surface area contributed by atoms with Crippen molar-refractivity contribution in [2.75, 3.05) is 6.61 Å². The molecule has 0 aromatic rings. The van der Waals surface area contributed by atoms with E-state index in [0.29, 0.717) is 6.61 Å². The fraction of sp³-hybridized carbons (Fsp3) is 0.286. The van der Waals surface area contributed by atoms with Gasteiger partial charge < -0.3 is 0 Å². The molecule has 10 heavy (non-hydrogen) atoms. The van der Waals surface area contributed by atoms with Crippen LogP contribution in [0.5, 0.6) is 0 Å². The first kappa shape index (κ1) is 7.92. The molecule has 0 spiro atoms. The summed E-state index contributed by atoms with van der Waals surface area (Å²) in [4.78, 5) is 10.9. The van der Waals surface area contributed by atoms with Crippen molar-refractivity contribution in [1.29, 1.82) is 0 Å². The number of rotatable bonds is 2. The molecule has 2 nitrogen and oxygen atoms in total. The molecule has 0 aliphatic carbocycles. The summed E-state index contributed by atoms with van der Waals surface area (Å²) in [6.07, 6.45) is 1.87. The van der Waals surface area contributed by atoms with Crippen LogP contribution < -0.4 is 0 Å². The zero-order chi connectivity index (χ0) is 7.40. The summed E-state index contributed by atoms with van der Waals surface area (Å²) >= 11 is -0.599. The predicted octanol–water partition coefficient (Wildman–Crippen LogP) is 0.665. The third-order valence-electron chi connectivity index (χ3n) is 1.17. The maximum atomic E-state index is 10.9. The third-order valence-corrected chi connectivity index (χ3v) is 3.93. The summed E-state index contributed by atoms with van der Waals surface area (Å²) in [5.41, 5.74) is 0.767. The Morgan fingerprint density at radius 2 is 2.60 bits per heavy atom. The Bertz CT molecular complexity index is 194. The summed E-state index contributed by atoms with van der Waals surface area (Å²) in [5, 5.41) is 0. The Morgan fingerprint density at radius 3 is 3.10 bits per heavy atom. The molecule has 0 N–H and O–H groups in total. The fourth-order valence-electron chi connectivity index (χ4n) is 0.725. The van der Waals surface area contributed by atoms with Crippen molar-refractivity contribution >= 4 is 28.9 Å². The molecule has 0 amide bonds. The van der Waals surface area contributed by atoms with Gasteiger partial charge in [0.1, 0.15) is 0 Å². The molecule has 0 atom stereocenters. The third kappa shape index (κ3) is 1.90. The van der Waals surface area contributed by atoms with Crippen LogP contribution >= 0.6 is 0 Å². The Morgan fingerprint density at radius 1 is 1.80 bits per heavy atom. The Labute approximate surface area is 71.3 Å². The number of carbonyl (C=O) groups is 1. The quantitative estimate of drug-likeness (QED) is 0.662. The molecule has 1 aliphatic rings. The molecule has 0 saturated carbocycles. The van der Waals surface area contributed by atoms with E-state index >= 15 is 0 Å².